The summed E-state index contributed by atoms with van der Waals surface area (Å²) in [5.74, 6) is 1.83. The third-order valence-corrected chi connectivity index (χ3v) is 14.7. The lowest BCUT2D eigenvalue weighted by atomic mass is 9.92. The molecule has 0 bridgehead atoms. The number of fused-ring (bicyclic) bond motifs is 6. The second-order valence-corrected chi connectivity index (χ2v) is 18.9. The van der Waals surface area contributed by atoms with Crippen LogP contribution in [0.1, 0.15) is 0 Å². The Hall–Kier alpha value is -10.1. The Bertz CT molecular complexity index is 4370. The van der Waals surface area contributed by atoms with Crippen molar-refractivity contribution in [2.75, 3.05) is 0 Å². The average molecular weight is 939 g/mol. The van der Waals surface area contributed by atoms with Gasteiger partial charge in [0.2, 0.25) is 5.69 Å². The van der Waals surface area contributed by atoms with Crippen LogP contribution in [0.3, 0.4) is 0 Å². The molecular formula is C70H42N4. The number of rotatable bonds is 8. The zero-order valence-corrected chi connectivity index (χ0v) is 40.0. The van der Waals surface area contributed by atoms with Gasteiger partial charge in [0.25, 0.3) is 0 Å². The van der Waals surface area contributed by atoms with Gasteiger partial charge in [0.1, 0.15) is 0 Å². The highest BCUT2D eigenvalue weighted by molar-refractivity contribution is 6.19. The number of hydrogen-bond acceptors (Lipinski definition) is 3. The fourth-order valence-corrected chi connectivity index (χ4v) is 11.1. The Labute approximate surface area is 429 Å². The molecule has 0 amide bonds. The van der Waals surface area contributed by atoms with Crippen LogP contribution >= 0.6 is 0 Å². The highest BCUT2D eigenvalue weighted by atomic mass is 15.0. The molecule has 1 aliphatic carbocycles. The Kier molecular flexibility index (Phi) is 10.2. The van der Waals surface area contributed by atoms with E-state index in [0.717, 1.165) is 61.2 Å². The van der Waals surface area contributed by atoms with E-state index in [-0.39, 0.29) is 0 Å². The molecule has 342 valence electrons. The summed E-state index contributed by atoms with van der Waals surface area (Å²) in [6, 6.07) is 89.8. The summed E-state index contributed by atoms with van der Waals surface area (Å²) in [7, 11) is 0. The molecule has 1 aliphatic rings. The summed E-state index contributed by atoms with van der Waals surface area (Å²) in [4.78, 5) is 19.4. The minimum absolute atomic E-state index is 0.603. The van der Waals surface area contributed by atoms with Gasteiger partial charge in [-0.25, -0.2) is 19.8 Å². The highest BCUT2D eigenvalue weighted by Gasteiger charge is 2.23. The topological polar surface area (TPSA) is 43.0 Å². The van der Waals surface area contributed by atoms with Gasteiger partial charge < -0.3 is 0 Å². The highest BCUT2D eigenvalue weighted by Crippen LogP contribution is 2.50. The van der Waals surface area contributed by atoms with Crippen molar-refractivity contribution in [2.45, 2.75) is 0 Å². The number of aromatic nitrogens is 3. The van der Waals surface area contributed by atoms with Gasteiger partial charge in [-0.1, -0.05) is 243 Å². The van der Waals surface area contributed by atoms with Crippen molar-refractivity contribution in [1.82, 2.24) is 15.0 Å². The molecule has 0 radical (unpaired) electrons. The number of para-hydroxylation sites is 1. The number of hydrogen-bond donors (Lipinski definition) is 0. The van der Waals surface area contributed by atoms with Gasteiger partial charge in [0, 0.05) is 16.7 Å². The second-order valence-electron chi connectivity index (χ2n) is 18.9. The van der Waals surface area contributed by atoms with Gasteiger partial charge in [0.05, 0.1) is 6.57 Å². The summed E-state index contributed by atoms with van der Waals surface area (Å²) in [5.41, 5.74) is 19.2. The van der Waals surface area contributed by atoms with Gasteiger partial charge in [-0.15, -0.1) is 0 Å². The van der Waals surface area contributed by atoms with Gasteiger partial charge in [-0.3, -0.25) is 0 Å². The molecule has 12 aromatic carbocycles. The minimum atomic E-state index is 0.603. The van der Waals surface area contributed by atoms with Crippen LogP contribution in [0.15, 0.2) is 255 Å². The van der Waals surface area contributed by atoms with Crippen LogP contribution in [-0.2, 0) is 0 Å². The summed E-state index contributed by atoms with van der Waals surface area (Å²) in [6.45, 7) is 8.39. The van der Waals surface area contributed by atoms with E-state index < -0.39 is 0 Å². The predicted octanol–water partition coefficient (Wildman–Crippen LogP) is 18.9. The number of nitrogens with zero attached hydrogens (tertiary/aromatic N) is 4. The number of benzene rings is 12. The van der Waals surface area contributed by atoms with Gasteiger partial charge in [-0.05, 0) is 122 Å². The molecule has 1 heterocycles. The standard InChI is InChI=1S/C70H42N4/c1-71-67-56(24-12-25-57(67)48-36-34-46(35-37-48)55-40-41-64-60-22-9-8-21-59(60)63-27-13-26-62(55)66(63)64)47-32-28-44(29-33-47)45-30-38-50(39-31-45)69-72-68(49-14-3-2-4-15-49)73-70(74-69)53-18-11-17-51(42-53)65-43-52-16-5-6-19-54(52)58-20-7-10-23-61(58)65/h2-43H. The molecule has 0 aliphatic heterocycles. The van der Waals surface area contributed by atoms with Crippen LogP contribution in [0.2, 0.25) is 0 Å². The maximum atomic E-state index is 8.39. The molecule has 4 nitrogen and oxygen atoms in total. The van der Waals surface area contributed by atoms with E-state index in [9.17, 15) is 0 Å². The van der Waals surface area contributed by atoms with Gasteiger partial charge in [0.15, 0.2) is 17.5 Å². The molecule has 4 heteroatoms. The van der Waals surface area contributed by atoms with Crippen molar-refractivity contribution in [3.8, 4) is 112 Å². The summed E-state index contributed by atoms with van der Waals surface area (Å²) in [5, 5.41) is 7.45. The van der Waals surface area contributed by atoms with E-state index in [2.05, 4.69) is 223 Å². The first-order valence-corrected chi connectivity index (χ1v) is 24.9. The maximum Gasteiger partial charge on any atom is 0.202 e. The molecule has 0 fully saturated rings. The predicted molar refractivity (Wildman–Crippen MR) is 307 cm³/mol. The fourth-order valence-electron chi connectivity index (χ4n) is 11.1. The smallest absolute Gasteiger partial charge is 0.202 e. The molecule has 1 aromatic heterocycles. The summed E-state index contributed by atoms with van der Waals surface area (Å²) in [6.07, 6.45) is 0. The van der Waals surface area contributed by atoms with E-state index in [1.807, 2.05) is 36.4 Å². The van der Waals surface area contributed by atoms with E-state index in [1.165, 1.54) is 65.7 Å². The van der Waals surface area contributed by atoms with Crippen LogP contribution in [0.5, 0.6) is 0 Å². The van der Waals surface area contributed by atoms with Gasteiger partial charge >= 0.3 is 0 Å². The molecule has 0 unspecified atom stereocenters. The normalized spacial score (nSPS) is 11.5. The van der Waals surface area contributed by atoms with E-state index >= 15 is 0 Å². The lowest BCUT2D eigenvalue weighted by molar-refractivity contribution is 1.07. The fraction of sp³-hybridized carbons (Fsp3) is 0. The zero-order chi connectivity index (χ0) is 49.1. The zero-order valence-electron chi connectivity index (χ0n) is 40.0. The van der Waals surface area contributed by atoms with Crippen molar-refractivity contribution in [1.29, 1.82) is 0 Å². The van der Waals surface area contributed by atoms with Crippen LogP contribution in [0, 0.1) is 6.57 Å². The first-order valence-electron chi connectivity index (χ1n) is 24.9. The summed E-state index contributed by atoms with van der Waals surface area (Å²) < 4.78 is 0. The first-order chi connectivity index (χ1) is 36.6. The SMILES string of the molecule is [C-]#[N+]c1c(-c2ccc(-c3ccc(-c4nc(-c5ccccc5)nc(-c5cccc(-c6cc7ccccc7c7ccccc67)c5)n4)cc3)cc2)cccc1-c1ccc(-c2ccc3c4c(cccc24)-c2ccccc2-3)cc1. The van der Waals surface area contributed by atoms with Crippen LogP contribution in [-0.4, -0.2) is 15.0 Å². The first kappa shape index (κ1) is 42.8. The summed E-state index contributed by atoms with van der Waals surface area (Å²) >= 11 is 0. The Morgan fingerprint density at radius 1 is 0.243 bits per heavy atom. The molecule has 0 saturated heterocycles. The van der Waals surface area contributed by atoms with Crippen molar-refractivity contribution in [3.05, 3.63) is 266 Å². The lowest BCUT2D eigenvalue weighted by Crippen LogP contribution is -2.00. The largest absolute Gasteiger partial charge is 0.237 e. The van der Waals surface area contributed by atoms with Crippen LogP contribution < -0.4 is 0 Å². The Balaban J connectivity index is 0.751. The van der Waals surface area contributed by atoms with Gasteiger partial charge in [-0.2, -0.15) is 0 Å². The molecule has 0 N–H and O–H groups in total. The molecule has 74 heavy (non-hydrogen) atoms. The molecule has 14 rings (SSSR count). The molecule has 0 saturated carbocycles. The van der Waals surface area contributed by atoms with E-state index in [1.54, 1.807) is 0 Å². The Morgan fingerprint density at radius 2 is 0.662 bits per heavy atom. The molecule has 0 spiro atoms. The third-order valence-electron chi connectivity index (χ3n) is 14.7. The molecule has 0 atom stereocenters. The quantitative estimate of drug-likeness (QED) is 0.113. The molecule has 13 aromatic rings. The van der Waals surface area contributed by atoms with Crippen LogP contribution in [0.4, 0.5) is 5.69 Å². The van der Waals surface area contributed by atoms with Crippen molar-refractivity contribution in [2.24, 2.45) is 0 Å². The third kappa shape index (κ3) is 7.26. The average Bonchev–Trinajstić information content (AvgIpc) is 3.83. The van der Waals surface area contributed by atoms with Crippen molar-refractivity contribution in [3.63, 3.8) is 0 Å². The Morgan fingerprint density at radius 3 is 1.32 bits per heavy atom. The van der Waals surface area contributed by atoms with E-state index in [0.29, 0.717) is 23.2 Å². The monoisotopic (exact) mass is 938 g/mol. The molecular weight excluding hydrogens is 897 g/mol. The second kappa shape index (κ2) is 17.6. The lowest BCUT2D eigenvalue weighted by Gasteiger charge is -2.13. The van der Waals surface area contributed by atoms with Crippen molar-refractivity contribution >= 4 is 38.0 Å². The van der Waals surface area contributed by atoms with Crippen LogP contribution in [0.25, 0.3) is 149 Å². The van der Waals surface area contributed by atoms with Crippen molar-refractivity contribution < 1.29 is 0 Å². The maximum absolute atomic E-state index is 8.39. The van der Waals surface area contributed by atoms with E-state index in [4.69, 9.17) is 21.5 Å². The minimum Gasteiger partial charge on any atom is -0.237 e.